The van der Waals surface area contributed by atoms with Gasteiger partial charge in [-0.2, -0.15) is 4.31 Å². The van der Waals surface area contributed by atoms with E-state index in [2.05, 4.69) is 21.1 Å². The fourth-order valence-electron chi connectivity index (χ4n) is 3.39. The molecule has 2 aliphatic heterocycles. The normalized spacial score (nSPS) is 19.5. The first-order valence-electron chi connectivity index (χ1n) is 8.38. The van der Waals surface area contributed by atoms with Crippen LogP contribution in [0.4, 0.5) is 13.2 Å². The molecule has 0 unspecified atom stereocenters. The van der Waals surface area contributed by atoms with Crippen LogP contribution in [0.2, 0.25) is 0 Å². The fourth-order valence-corrected chi connectivity index (χ4v) is 5.79. The van der Waals surface area contributed by atoms with Gasteiger partial charge in [0.2, 0.25) is 10.0 Å². The Morgan fingerprint density at radius 2 is 1.81 bits per heavy atom. The zero-order valence-corrected chi connectivity index (χ0v) is 15.8. The molecular weight excluding hydrogens is 401 g/mol. The van der Waals surface area contributed by atoms with Crippen molar-refractivity contribution in [2.24, 2.45) is 0 Å². The third-order valence-corrected chi connectivity index (χ3v) is 7.75. The van der Waals surface area contributed by atoms with Crippen molar-refractivity contribution in [1.82, 2.24) is 9.21 Å². The molecule has 0 atom stereocenters. The number of fused-ring (bicyclic) bond motifs is 1. The highest BCUT2D eigenvalue weighted by molar-refractivity contribution is 7.89. The zero-order valence-electron chi connectivity index (χ0n) is 14.1. The Hall–Kier alpha value is -1.62. The van der Waals surface area contributed by atoms with Gasteiger partial charge < -0.3 is 4.74 Å². The lowest BCUT2D eigenvalue weighted by atomic mass is 10.0. The van der Waals surface area contributed by atoms with E-state index in [1.54, 1.807) is 11.3 Å². The van der Waals surface area contributed by atoms with E-state index in [0.717, 1.165) is 43.8 Å². The van der Waals surface area contributed by atoms with Crippen LogP contribution in [0, 0.1) is 0 Å². The van der Waals surface area contributed by atoms with Gasteiger partial charge in [-0.3, -0.25) is 4.90 Å². The Bertz CT molecular complexity index is 920. The molecule has 0 amide bonds. The highest BCUT2D eigenvalue weighted by Gasteiger charge is 2.40. The minimum Gasteiger partial charge on any atom is -0.406 e. The smallest absolute Gasteiger partial charge is 0.406 e. The van der Waals surface area contributed by atoms with Crippen LogP contribution >= 0.6 is 11.3 Å². The first-order valence-corrected chi connectivity index (χ1v) is 10.7. The molecule has 10 heteroatoms. The lowest BCUT2D eigenvalue weighted by Crippen LogP contribution is -2.61. The molecule has 146 valence electrons. The van der Waals surface area contributed by atoms with Crippen molar-refractivity contribution < 1.29 is 26.3 Å². The first kappa shape index (κ1) is 18.7. The van der Waals surface area contributed by atoms with E-state index >= 15 is 0 Å². The number of thiophene rings is 1. The van der Waals surface area contributed by atoms with Gasteiger partial charge in [0.05, 0.1) is 4.90 Å². The van der Waals surface area contributed by atoms with Crippen molar-refractivity contribution in [3.63, 3.8) is 0 Å². The van der Waals surface area contributed by atoms with Crippen LogP contribution in [-0.4, -0.2) is 49.7 Å². The maximum Gasteiger partial charge on any atom is 0.573 e. The maximum atomic E-state index is 12.6. The van der Waals surface area contributed by atoms with Gasteiger partial charge in [0.25, 0.3) is 0 Å². The molecule has 2 aromatic rings. The summed E-state index contributed by atoms with van der Waals surface area (Å²) in [7, 11) is -3.71. The molecule has 0 radical (unpaired) electrons. The number of benzene rings is 1. The van der Waals surface area contributed by atoms with E-state index in [-0.39, 0.29) is 10.9 Å². The Morgan fingerprint density at radius 1 is 1.11 bits per heavy atom. The standard InChI is InChI=1S/C17H17F3N2O3S2/c18-17(19,20)25-14-1-3-15(4-2-14)27(23,24)22-10-13(11-22)21-7-5-16-12(9-21)6-8-26-16/h1-4,6,8,13H,5,7,9-11H2. The summed E-state index contributed by atoms with van der Waals surface area (Å²) >= 11 is 1.76. The highest BCUT2D eigenvalue weighted by atomic mass is 32.2. The maximum absolute atomic E-state index is 12.6. The lowest BCUT2D eigenvalue weighted by Gasteiger charge is -2.45. The number of ether oxygens (including phenoxy) is 1. The number of hydrogen-bond acceptors (Lipinski definition) is 5. The quantitative estimate of drug-likeness (QED) is 0.766. The molecule has 0 aliphatic carbocycles. The predicted octanol–water partition coefficient (Wildman–Crippen LogP) is 3.08. The molecule has 1 fully saturated rings. The minimum atomic E-state index is -4.80. The molecule has 0 bridgehead atoms. The predicted molar refractivity (Wildman–Crippen MR) is 94.1 cm³/mol. The zero-order chi connectivity index (χ0) is 19.2. The van der Waals surface area contributed by atoms with Crippen molar-refractivity contribution in [3.05, 3.63) is 46.2 Å². The molecule has 3 heterocycles. The van der Waals surface area contributed by atoms with Crippen LogP contribution < -0.4 is 4.74 Å². The van der Waals surface area contributed by atoms with Crippen LogP contribution in [0.5, 0.6) is 5.75 Å². The monoisotopic (exact) mass is 418 g/mol. The molecule has 1 saturated heterocycles. The summed E-state index contributed by atoms with van der Waals surface area (Å²) in [6.07, 6.45) is -3.82. The van der Waals surface area contributed by atoms with Gasteiger partial charge in [0, 0.05) is 37.1 Å². The Kier molecular flexibility index (Phi) is 4.69. The summed E-state index contributed by atoms with van der Waals surface area (Å²) < 4.78 is 67.0. The SMILES string of the molecule is O=S(=O)(c1ccc(OC(F)(F)F)cc1)N1CC(N2CCc3sccc3C2)C1. The molecular formula is C17H17F3N2O3S2. The Morgan fingerprint density at radius 3 is 2.48 bits per heavy atom. The van der Waals surface area contributed by atoms with Crippen LogP contribution in [0.25, 0.3) is 0 Å². The Balaban J connectivity index is 1.38. The second-order valence-corrected chi connectivity index (χ2v) is 9.52. The second kappa shape index (κ2) is 6.77. The summed E-state index contributed by atoms with van der Waals surface area (Å²) in [5.74, 6) is -0.442. The number of rotatable bonds is 4. The van der Waals surface area contributed by atoms with Crippen molar-refractivity contribution >= 4 is 21.4 Å². The van der Waals surface area contributed by atoms with E-state index < -0.39 is 22.1 Å². The van der Waals surface area contributed by atoms with Crippen LogP contribution in [0.15, 0.2) is 40.6 Å². The van der Waals surface area contributed by atoms with Gasteiger partial charge in [-0.15, -0.1) is 24.5 Å². The summed E-state index contributed by atoms with van der Waals surface area (Å²) in [4.78, 5) is 3.66. The Labute approximate surface area is 159 Å². The van der Waals surface area contributed by atoms with Gasteiger partial charge >= 0.3 is 6.36 Å². The molecule has 27 heavy (non-hydrogen) atoms. The molecule has 2 aliphatic rings. The average molecular weight is 418 g/mol. The first-order chi connectivity index (χ1) is 12.7. The van der Waals surface area contributed by atoms with Crippen molar-refractivity contribution in [2.75, 3.05) is 19.6 Å². The van der Waals surface area contributed by atoms with Crippen LogP contribution in [0.1, 0.15) is 10.4 Å². The number of alkyl halides is 3. The summed E-state index contributed by atoms with van der Waals surface area (Å²) in [5, 5.41) is 2.08. The molecule has 0 spiro atoms. The topological polar surface area (TPSA) is 49.9 Å². The van der Waals surface area contributed by atoms with Crippen molar-refractivity contribution in [2.45, 2.75) is 30.3 Å². The number of halogens is 3. The van der Waals surface area contributed by atoms with E-state index in [9.17, 15) is 21.6 Å². The average Bonchev–Trinajstić information content (AvgIpc) is 3.00. The molecule has 4 rings (SSSR count). The summed E-state index contributed by atoms with van der Waals surface area (Å²) in [5.41, 5.74) is 1.31. The van der Waals surface area contributed by atoms with E-state index in [0.29, 0.717) is 13.1 Å². The fraction of sp³-hybridized carbons (Fsp3) is 0.412. The van der Waals surface area contributed by atoms with Gasteiger partial charge in [-0.1, -0.05) is 0 Å². The van der Waals surface area contributed by atoms with Crippen molar-refractivity contribution in [3.8, 4) is 5.75 Å². The van der Waals surface area contributed by atoms with Crippen LogP contribution in [0.3, 0.4) is 0 Å². The molecule has 0 N–H and O–H groups in total. The van der Waals surface area contributed by atoms with Crippen molar-refractivity contribution in [1.29, 1.82) is 0 Å². The molecule has 5 nitrogen and oxygen atoms in total. The van der Waals surface area contributed by atoms with Gasteiger partial charge in [0.15, 0.2) is 0 Å². The second-order valence-electron chi connectivity index (χ2n) is 6.58. The number of nitrogens with zero attached hydrogens (tertiary/aromatic N) is 2. The molecule has 1 aromatic heterocycles. The van der Waals surface area contributed by atoms with Gasteiger partial charge in [-0.25, -0.2) is 8.42 Å². The van der Waals surface area contributed by atoms with Gasteiger partial charge in [-0.05, 0) is 47.7 Å². The number of hydrogen-bond donors (Lipinski definition) is 0. The number of sulfonamides is 1. The third kappa shape index (κ3) is 3.84. The third-order valence-electron chi connectivity index (χ3n) is 4.88. The minimum absolute atomic E-state index is 0.0331. The largest absolute Gasteiger partial charge is 0.573 e. The summed E-state index contributed by atoms with van der Waals surface area (Å²) in [6.45, 7) is 2.53. The summed E-state index contributed by atoms with van der Waals surface area (Å²) in [6, 6.07) is 6.59. The van der Waals surface area contributed by atoms with Gasteiger partial charge in [0.1, 0.15) is 5.75 Å². The lowest BCUT2D eigenvalue weighted by molar-refractivity contribution is -0.274. The van der Waals surface area contributed by atoms with E-state index in [1.807, 2.05) is 0 Å². The highest BCUT2D eigenvalue weighted by Crippen LogP contribution is 2.31. The van der Waals surface area contributed by atoms with Crippen LogP contribution in [-0.2, 0) is 23.0 Å². The molecule has 1 aromatic carbocycles. The molecule has 0 saturated carbocycles. The van der Waals surface area contributed by atoms with E-state index in [4.69, 9.17) is 0 Å². The van der Waals surface area contributed by atoms with E-state index in [1.165, 1.54) is 14.7 Å².